The average molecular weight is 382 g/mol. The lowest BCUT2D eigenvalue weighted by Crippen LogP contribution is -2.21. The second kappa shape index (κ2) is 6.84. The number of thioether (sulfide) groups is 1. The first-order valence-electron chi connectivity index (χ1n) is 7.43. The molecule has 122 valence electrons. The molecule has 0 aliphatic rings. The Kier molecular flexibility index (Phi) is 4.40. The molecule has 4 nitrogen and oxygen atoms in total. The van der Waals surface area contributed by atoms with Gasteiger partial charge in [0.15, 0.2) is 5.16 Å². The van der Waals surface area contributed by atoms with Crippen molar-refractivity contribution in [3.05, 3.63) is 63.6 Å². The molecule has 0 saturated carbocycles. The molecular weight excluding hydrogens is 370 g/mol. The van der Waals surface area contributed by atoms with Crippen molar-refractivity contribution in [2.24, 2.45) is 0 Å². The first-order valence-corrected chi connectivity index (χ1v) is 10.2. The Morgan fingerprint density at radius 2 is 2.00 bits per heavy atom. The third-order valence-electron chi connectivity index (χ3n) is 3.64. The van der Waals surface area contributed by atoms with Crippen LogP contribution in [0.25, 0.3) is 26.3 Å². The number of nitriles is 1. The van der Waals surface area contributed by atoms with Crippen LogP contribution in [0.1, 0.15) is 0 Å². The summed E-state index contributed by atoms with van der Waals surface area (Å²) in [4.78, 5) is 19.8. The summed E-state index contributed by atoms with van der Waals surface area (Å²) in [7, 11) is 0. The van der Waals surface area contributed by atoms with Crippen LogP contribution in [0, 0.1) is 11.3 Å². The van der Waals surface area contributed by atoms with E-state index < -0.39 is 0 Å². The highest BCUT2D eigenvalue weighted by molar-refractivity contribution is 7.99. The number of benzene rings is 1. The van der Waals surface area contributed by atoms with Gasteiger partial charge in [0.05, 0.1) is 22.9 Å². The van der Waals surface area contributed by atoms with Gasteiger partial charge in [-0.25, -0.2) is 4.98 Å². The van der Waals surface area contributed by atoms with E-state index in [0.717, 1.165) is 16.1 Å². The van der Waals surface area contributed by atoms with E-state index in [1.165, 1.54) is 23.1 Å². The second-order valence-corrected chi connectivity index (χ2v) is 7.87. The Balaban J connectivity index is 2.03. The predicted octanol–water partition coefficient (Wildman–Crippen LogP) is 4.79. The minimum absolute atomic E-state index is 0.0960. The Bertz CT molecular complexity index is 1120. The molecule has 0 radical (unpaired) electrons. The average Bonchev–Trinajstić information content (AvgIpc) is 3.30. The molecule has 0 spiro atoms. The van der Waals surface area contributed by atoms with E-state index in [2.05, 4.69) is 11.1 Å². The SMILES string of the molecule is N#CCSc1nc2scc(-c3cccs3)c2c(=O)n1-c1ccccc1. The fourth-order valence-electron chi connectivity index (χ4n) is 2.58. The summed E-state index contributed by atoms with van der Waals surface area (Å²) in [6, 6.07) is 15.5. The van der Waals surface area contributed by atoms with Crippen molar-refractivity contribution < 1.29 is 0 Å². The van der Waals surface area contributed by atoms with E-state index in [1.54, 1.807) is 15.9 Å². The topological polar surface area (TPSA) is 58.7 Å². The Hall–Kier alpha value is -2.40. The number of aromatic nitrogens is 2. The summed E-state index contributed by atoms with van der Waals surface area (Å²) >= 11 is 4.35. The molecule has 3 aromatic heterocycles. The number of para-hydroxylation sites is 1. The summed E-state index contributed by atoms with van der Waals surface area (Å²) in [6.07, 6.45) is 0. The summed E-state index contributed by atoms with van der Waals surface area (Å²) in [5, 5.41) is 14.1. The molecule has 0 atom stereocenters. The maximum Gasteiger partial charge on any atom is 0.268 e. The Morgan fingerprint density at radius 1 is 1.16 bits per heavy atom. The van der Waals surface area contributed by atoms with E-state index in [0.29, 0.717) is 15.4 Å². The maximum atomic E-state index is 13.3. The van der Waals surface area contributed by atoms with E-state index in [-0.39, 0.29) is 11.3 Å². The van der Waals surface area contributed by atoms with Gasteiger partial charge in [0.25, 0.3) is 5.56 Å². The normalized spacial score (nSPS) is 10.8. The van der Waals surface area contributed by atoms with Gasteiger partial charge >= 0.3 is 0 Å². The van der Waals surface area contributed by atoms with Crippen LogP contribution in [0.2, 0.25) is 0 Å². The number of rotatable bonds is 4. The van der Waals surface area contributed by atoms with Crippen molar-refractivity contribution >= 4 is 44.7 Å². The van der Waals surface area contributed by atoms with Crippen molar-refractivity contribution in [3.63, 3.8) is 0 Å². The zero-order valence-corrected chi connectivity index (χ0v) is 15.3. The molecule has 1 aromatic carbocycles. The lowest BCUT2D eigenvalue weighted by Gasteiger charge is -2.11. The molecule has 0 fully saturated rings. The summed E-state index contributed by atoms with van der Waals surface area (Å²) in [6.45, 7) is 0. The minimum Gasteiger partial charge on any atom is -0.268 e. The second-order valence-electron chi connectivity index (χ2n) is 5.12. The third-order valence-corrected chi connectivity index (χ3v) is 6.22. The summed E-state index contributed by atoms with van der Waals surface area (Å²) in [5.41, 5.74) is 1.58. The van der Waals surface area contributed by atoms with Crippen LogP contribution >= 0.6 is 34.4 Å². The number of fused-ring (bicyclic) bond motifs is 1. The van der Waals surface area contributed by atoms with Gasteiger partial charge in [0.2, 0.25) is 0 Å². The van der Waals surface area contributed by atoms with E-state index >= 15 is 0 Å². The van der Waals surface area contributed by atoms with Gasteiger partial charge in [0.1, 0.15) is 4.83 Å². The lowest BCUT2D eigenvalue weighted by molar-refractivity contribution is 0.824. The highest BCUT2D eigenvalue weighted by Gasteiger charge is 2.18. The Morgan fingerprint density at radius 3 is 2.72 bits per heavy atom. The smallest absolute Gasteiger partial charge is 0.268 e. The molecule has 4 aromatic rings. The zero-order valence-electron chi connectivity index (χ0n) is 12.9. The number of thiophene rings is 2. The zero-order chi connectivity index (χ0) is 17.2. The molecule has 3 heterocycles. The van der Waals surface area contributed by atoms with Crippen LogP contribution in [-0.2, 0) is 0 Å². The molecule has 7 heteroatoms. The largest absolute Gasteiger partial charge is 0.268 e. The van der Waals surface area contributed by atoms with Crippen LogP contribution in [0.3, 0.4) is 0 Å². The lowest BCUT2D eigenvalue weighted by atomic mass is 10.2. The molecule has 0 amide bonds. The summed E-state index contributed by atoms with van der Waals surface area (Å²) < 4.78 is 1.61. The fraction of sp³-hybridized carbons (Fsp3) is 0.0556. The van der Waals surface area contributed by atoms with Gasteiger partial charge in [-0.15, -0.1) is 22.7 Å². The van der Waals surface area contributed by atoms with Crippen LogP contribution in [0.5, 0.6) is 0 Å². The van der Waals surface area contributed by atoms with Gasteiger partial charge in [0, 0.05) is 15.8 Å². The molecule has 4 rings (SSSR count). The standard InChI is InChI=1S/C18H11N3OS3/c19-8-10-24-18-20-16-15(13(11-25-16)14-7-4-9-23-14)17(22)21(18)12-5-2-1-3-6-12/h1-7,9,11H,10H2. The molecule has 0 saturated heterocycles. The van der Waals surface area contributed by atoms with Crippen LogP contribution in [-0.4, -0.2) is 15.3 Å². The van der Waals surface area contributed by atoms with E-state index in [4.69, 9.17) is 5.26 Å². The quantitative estimate of drug-likeness (QED) is 0.377. The molecule has 0 aliphatic carbocycles. The highest BCUT2D eigenvalue weighted by Crippen LogP contribution is 2.35. The van der Waals surface area contributed by atoms with Crippen molar-refractivity contribution in [1.29, 1.82) is 5.26 Å². The molecule has 0 bridgehead atoms. The van der Waals surface area contributed by atoms with Crippen LogP contribution in [0.4, 0.5) is 0 Å². The first-order chi connectivity index (χ1) is 12.3. The van der Waals surface area contributed by atoms with Crippen LogP contribution in [0.15, 0.2) is 63.2 Å². The van der Waals surface area contributed by atoms with Crippen molar-refractivity contribution in [1.82, 2.24) is 9.55 Å². The van der Waals surface area contributed by atoms with Gasteiger partial charge in [-0.05, 0) is 23.6 Å². The molecule has 0 aliphatic heterocycles. The highest BCUT2D eigenvalue weighted by atomic mass is 32.2. The van der Waals surface area contributed by atoms with Crippen molar-refractivity contribution in [3.8, 4) is 22.2 Å². The molecule has 0 N–H and O–H groups in total. The number of hydrogen-bond acceptors (Lipinski definition) is 6. The number of hydrogen-bond donors (Lipinski definition) is 0. The molecule has 25 heavy (non-hydrogen) atoms. The predicted molar refractivity (Wildman–Crippen MR) is 105 cm³/mol. The molecule has 0 unspecified atom stereocenters. The fourth-order valence-corrected chi connectivity index (χ4v) is 5.06. The van der Waals surface area contributed by atoms with Gasteiger partial charge in [-0.3, -0.25) is 9.36 Å². The van der Waals surface area contributed by atoms with Gasteiger partial charge < -0.3 is 0 Å². The van der Waals surface area contributed by atoms with E-state index in [9.17, 15) is 4.79 Å². The maximum absolute atomic E-state index is 13.3. The third kappa shape index (κ3) is 2.89. The molecular formula is C18H11N3OS3. The van der Waals surface area contributed by atoms with Gasteiger partial charge in [-0.1, -0.05) is 36.0 Å². The monoisotopic (exact) mass is 381 g/mol. The van der Waals surface area contributed by atoms with E-state index in [1.807, 2.05) is 53.2 Å². The summed E-state index contributed by atoms with van der Waals surface area (Å²) in [5.74, 6) is 0.244. The Labute approximate surface area is 156 Å². The van der Waals surface area contributed by atoms with Crippen LogP contribution < -0.4 is 5.56 Å². The number of nitrogens with zero attached hydrogens (tertiary/aromatic N) is 3. The van der Waals surface area contributed by atoms with Gasteiger partial charge in [-0.2, -0.15) is 5.26 Å². The van der Waals surface area contributed by atoms with Crippen molar-refractivity contribution in [2.75, 3.05) is 5.75 Å². The van der Waals surface area contributed by atoms with Crippen molar-refractivity contribution in [2.45, 2.75) is 5.16 Å². The first kappa shape index (κ1) is 16.1. The minimum atomic E-state index is -0.0960.